The summed E-state index contributed by atoms with van der Waals surface area (Å²) in [6.45, 7) is 5.22. The smallest absolute Gasteiger partial charge is 0.269 e. The monoisotopic (exact) mass is 341 g/mol. The lowest BCUT2D eigenvalue weighted by Crippen LogP contribution is -2.42. The van der Waals surface area contributed by atoms with Gasteiger partial charge in [0.25, 0.3) is 5.69 Å². The third kappa shape index (κ3) is 5.52. The summed E-state index contributed by atoms with van der Waals surface area (Å²) in [6.07, 6.45) is 0. The Morgan fingerprint density at radius 2 is 1.96 bits per heavy atom. The molecule has 8 heteroatoms. The Hall–Kier alpha value is -2.15. The third-order valence-electron chi connectivity index (χ3n) is 3.15. The van der Waals surface area contributed by atoms with E-state index >= 15 is 0 Å². The van der Waals surface area contributed by atoms with Crippen molar-refractivity contribution in [3.8, 4) is 0 Å². The molecule has 0 radical (unpaired) electrons. The van der Waals surface area contributed by atoms with Gasteiger partial charge in [-0.3, -0.25) is 19.7 Å². The van der Waals surface area contributed by atoms with Crippen LogP contribution in [0.5, 0.6) is 0 Å². The van der Waals surface area contributed by atoms with Crippen LogP contribution < -0.4 is 5.32 Å². The first-order chi connectivity index (χ1) is 10.5. The van der Waals surface area contributed by atoms with Crippen molar-refractivity contribution in [2.75, 3.05) is 13.6 Å². The van der Waals surface area contributed by atoms with Gasteiger partial charge < -0.3 is 10.2 Å². The Morgan fingerprint density at radius 3 is 2.48 bits per heavy atom. The van der Waals surface area contributed by atoms with Gasteiger partial charge in [-0.15, -0.1) is 0 Å². The normalized spacial score (nSPS) is 11.0. The van der Waals surface area contributed by atoms with E-state index in [0.29, 0.717) is 10.6 Å². The van der Waals surface area contributed by atoms with Crippen LogP contribution in [0.4, 0.5) is 5.69 Å². The molecule has 23 heavy (non-hydrogen) atoms. The van der Waals surface area contributed by atoms with Crippen LogP contribution in [0, 0.1) is 15.5 Å². The van der Waals surface area contributed by atoms with Crippen molar-refractivity contribution < 1.29 is 14.5 Å². The van der Waals surface area contributed by atoms with Gasteiger partial charge in [0.15, 0.2) is 0 Å². The van der Waals surface area contributed by atoms with Gasteiger partial charge in [-0.2, -0.15) is 0 Å². The summed E-state index contributed by atoms with van der Waals surface area (Å²) in [7, 11) is 1.54. The molecule has 1 N–H and O–H groups in total. The Kier molecular flexibility index (Phi) is 6.09. The van der Waals surface area contributed by atoms with Gasteiger partial charge in [-0.1, -0.05) is 32.4 Å². The number of hydrogen-bond donors (Lipinski definition) is 1. The lowest BCUT2D eigenvalue weighted by molar-refractivity contribution is -0.384. The number of nitrogens with zero attached hydrogens (tertiary/aromatic N) is 2. The first-order valence-corrected chi connectivity index (χ1v) is 7.35. The van der Waals surface area contributed by atoms with Gasteiger partial charge >= 0.3 is 0 Å². The van der Waals surface area contributed by atoms with Gasteiger partial charge in [0, 0.05) is 36.2 Å². The van der Waals surface area contributed by atoms with Gasteiger partial charge in [0.05, 0.1) is 11.5 Å². The number of nitrogens with one attached hydrogen (secondary N) is 1. The summed E-state index contributed by atoms with van der Waals surface area (Å²) in [5.41, 5.74) is -0.201. The van der Waals surface area contributed by atoms with Crippen molar-refractivity contribution >= 4 is 29.1 Å². The van der Waals surface area contributed by atoms with E-state index < -0.39 is 10.3 Å². The molecule has 1 aromatic rings. The molecule has 0 heterocycles. The molecule has 1 aromatic carbocycles. The summed E-state index contributed by atoms with van der Waals surface area (Å²) in [5, 5.41) is 13.7. The number of likely N-dealkylation sites (N-methyl/N-ethyl adjacent to an activating group) is 1. The minimum atomic E-state index is -0.581. The van der Waals surface area contributed by atoms with Crippen molar-refractivity contribution in [3.05, 3.63) is 38.9 Å². The lowest BCUT2D eigenvalue weighted by Gasteiger charge is -2.21. The molecule has 0 aliphatic heterocycles. The first kappa shape index (κ1) is 18.9. The average Bonchev–Trinajstić information content (AvgIpc) is 2.45. The summed E-state index contributed by atoms with van der Waals surface area (Å²) >= 11 is 6.01. The first-order valence-electron chi connectivity index (χ1n) is 6.97. The van der Waals surface area contributed by atoms with Crippen LogP contribution in [0.2, 0.25) is 5.02 Å². The molecule has 0 aromatic heterocycles. The second kappa shape index (κ2) is 7.41. The van der Waals surface area contributed by atoms with Gasteiger partial charge in [-0.05, 0) is 11.6 Å². The fraction of sp³-hybridized carbons (Fsp3) is 0.467. The Bertz CT molecular complexity index is 626. The highest BCUT2D eigenvalue weighted by molar-refractivity contribution is 6.31. The highest BCUT2D eigenvalue weighted by Crippen LogP contribution is 2.23. The fourth-order valence-corrected chi connectivity index (χ4v) is 1.87. The van der Waals surface area contributed by atoms with E-state index in [0.717, 1.165) is 0 Å². The maximum absolute atomic E-state index is 12.0. The number of carbonyl (C=O) groups excluding carboxylic acids is 2. The number of halogens is 1. The highest BCUT2D eigenvalue weighted by Gasteiger charge is 2.22. The second-order valence-electron chi connectivity index (χ2n) is 6.22. The molecule has 0 unspecified atom stereocenters. The predicted octanol–water partition coefficient (Wildman–Crippen LogP) is 2.37. The van der Waals surface area contributed by atoms with E-state index in [1.165, 1.54) is 23.1 Å². The molecule has 0 saturated heterocycles. The Balaban J connectivity index is 2.70. The van der Waals surface area contributed by atoms with E-state index in [2.05, 4.69) is 5.32 Å². The molecule has 1 rings (SSSR count). The number of benzene rings is 1. The molecule has 0 saturated carbocycles. The number of nitro benzene ring substituents is 1. The van der Waals surface area contributed by atoms with Crippen molar-refractivity contribution in [1.82, 2.24) is 10.2 Å². The standard InChI is InChI=1S/C15H20ClN3O4/c1-15(2,3)14(21)17-8-13(20)18(4)9-10-7-11(19(22)23)5-6-12(10)16/h5-7H,8-9H2,1-4H3,(H,17,21). The zero-order valence-electron chi connectivity index (χ0n) is 13.6. The van der Waals surface area contributed by atoms with Crippen LogP contribution in [0.1, 0.15) is 26.3 Å². The SMILES string of the molecule is CN(Cc1cc([N+](=O)[O-])ccc1Cl)C(=O)CNC(=O)C(C)(C)C. The van der Waals surface area contributed by atoms with E-state index in [-0.39, 0.29) is 30.6 Å². The molecule has 2 amide bonds. The molecule has 126 valence electrons. The number of carbonyl (C=O) groups is 2. The Labute approximate surface area is 139 Å². The van der Waals surface area contributed by atoms with Crippen LogP contribution in [-0.2, 0) is 16.1 Å². The van der Waals surface area contributed by atoms with Crippen LogP contribution in [0.15, 0.2) is 18.2 Å². The van der Waals surface area contributed by atoms with E-state index in [9.17, 15) is 19.7 Å². The van der Waals surface area contributed by atoms with Crippen molar-refractivity contribution in [2.45, 2.75) is 27.3 Å². The molecular weight excluding hydrogens is 322 g/mol. The summed E-state index contributed by atoms with van der Waals surface area (Å²) in [6, 6.07) is 4.06. The average molecular weight is 342 g/mol. The number of nitro groups is 1. The van der Waals surface area contributed by atoms with Gasteiger partial charge in [0.2, 0.25) is 11.8 Å². The van der Waals surface area contributed by atoms with Gasteiger partial charge in [-0.25, -0.2) is 0 Å². The minimum Gasteiger partial charge on any atom is -0.347 e. The van der Waals surface area contributed by atoms with Crippen LogP contribution in [0.3, 0.4) is 0 Å². The molecule has 0 bridgehead atoms. The van der Waals surface area contributed by atoms with Crippen LogP contribution in [-0.4, -0.2) is 35.2 Å². The minimum absolute atomic E-state index is 0.0914. The molecule has 0 aliphatic rings. The van der Waals surface area contributed by atoms with Crippen LogP contribution in [0.25, 0.3) is 0 Å². The fourth-order valence-electron chi connectivity index (χ4n) is 1.70. The van der Waals surface area contributed by atoms with Crippen molar-refractivity contribution in [3.63, 3.8) is 0 Å². The summed E-state index contributed by atoms with van der Waals surface area (Å²) in [4.78, 5) is 35.4. The Morgan fingerprint density at radius 1 is 1.35 bits per heavy atom. The topological polar surface area (TPSA) is 92.5 Å². The third-order valence-corrected chi connectivity index (χ3v) is 3.52. The van der Waals surface area contributed by atoms with E-state index in [1.54, 1.807) is 27.8 Å². The second-order valence-corrected chi connectivity index (χ2v) is 6.62. The zero-order valence-corrected chi connectivity index (χ0v) is 14.3. The van der Waals surface area contributed by atoms with Crippen LogP contribution >= 0.6 is 11.6 Å². The highest BCUT2D eigenvalue weighted by atomic mass is 35.5. The number of hydrogen-bond acceptors (Lipinski definition) is 4. The summed E-state index contributed by atoms with van der Waals surface area (Å²) < 4.78 is 0. The molecule has 0 atom stereocenters. The maximum atomic E-state index is 12.0. The number of rotatable bonds is 5. The number of amides is 2. The molecule has 0 spiro atoms. The zero-order chi connectivity index (χ0) is 17.8. The molecule has 0 fully saturated rings. The maximum Gasteiger partial charge on any atom is 0.269 e. The predicted molar refractivity (Wildman–Crippen MR) is 87.0 cm³/mol. The van der Waals surface area contributed by atoms with E-state index in [4.69, 9.17) is 11.6 Å². The summed E-state index contributed by atoms with van der Waals surface area (Å²) in [5.74, 6) is -0.544. The molecular formula is C15H20ClN3O4. The van der Waals surface area contributed by atoms with Crippen molar-refractivity contribution in [1.29, 1.82) is 0 Å². The van der Waals surface area contributed by atoms with E-state index in [1.807, 2.05) is 0 Å². The number of non-ortho nitro benzene ring substituents is 1. The lowest BCUT2D eigenvalue weighted by atomic mass is 9.96. The van der Waals surface area contributed by atoms with Gasteiger partial charge in [0.1, 0.15) is 0 Å². The quantitative estimate of drug-likeness (QED) is 0.657. The largest absolute Gasteiger partial charge is 0.347 e. The molecule has 0 aliphatic carbocycles. The van der Waals surface area contributed by atoms with Crippen molar-refractivity contribution in [2.24, 2.45) is 5.41 Å². The molecule has 7 nitrogen and oxygen atoms in total.